The van der Waals surface area contributed by atoms with Gasteiger partial charge < -0.3 is 5.32 Å². The van der Waals surface area contributed by atoms with Gasteiger partial charge in [0.15, 0.2) is 0 Å². The fourth-order valence-electron chi connectivity index (χ4n) is 4.01. The number of hydrogen-bond acceptors (Lipinski definition) is 3. The van der Waals surface area contributed by atoms with Crippen LogP contribution in [0, 0.1) is 6.92 Å². The highest BCUT2D eigenvalue weighted by Gasteiger charge is 2.24. The monoisotopic (exact) mass is 454 g/mol. The molecule has 7 heteroatoms. The Morgan fingerprint density at radius 1 is 0.968 bits per heavy atom. The van der Waals surface area contributed by atoms with Crippen LogP contribution in [0.1, 0.15) is 27.0 Å². The minimum atomic E-state index is -3.26. The van der Waals surface area contributed by atoms with Gasteiger partial charge in [0.2, 0.25) is 10.0 Å². The second-order valence-corrected chi connectivity index (χ2v) is 10.2. The average molecular weight is 455 g/mol. The van der Waals surface area contributed by atoms with Gasteiger partial charge in [-0.1, -0.05) is 47.5 Å². The summed E-state index contributed by atoms with van der Waals surface area (Å²) < 4.78 is 25.7. The summed E-state index contributed by atoms with van der Waals surface area (Å²) in [7, 11) is -3.26. The van der Waals surface area contributed by atoms with E-state index in [1.54, 1.807) is 12.1 Å². The van der Waals surface area contributed by atoms with E-state index in [1.165, 1.54) is 6.26 Å². The molecule has 1 amide bonds. The maximum atomic E-state index is 13.2. The number of anilines is 1. The Morgan fingerprint density at radius 2 is 1.68 bits per heavy atom. The van der Waals surface area contributed by atoms with Crippen molar-refractivity contribution in [3.05, 3.63) is 87.9 Å². The number of carbonyl (C=O) groups is 1. The lowest BCUT2D eigenvalue weighted by Gasteiger charge is -2.13. The molecule has 1 unspecified atom stereocenters. The molecule has 2 N–H and O–H groups in total. The first-order valence-corrected chi connectivity index (χ1v) is 12.2. The summed E-state index contributed by atoms with van der Waals surface area (Å²) in [6.07, 6.45) is 2.42. The number of amides is 1. The largest absolute Gasteiger partial charge is 0.322 e. The van der Waals surface area contributed by atoms with Gasteiger partial charge in [0.25, 0.3) is 5.91 Å². The number of carbonyl (C=O) groups excluding carboxylic acids is 1. The molecule has 4 rings (SSSR count). The van der Waals surface area contributed by atoms with Crippen molar-refractivity contribution in [1.82, 2.24) is 4.72 Å². The van der Waals surface area contributed by atoms with Crippen molar-refractivity contribution >= 4 is 33.2 Å². The number of nitrogens with one attached hydrogen (secondary N) is 2. The summed E-state index contributed by atoms with van der Waals surface area (Å²) >= 11 is 6.01. The zero-order chi connectivity index (χ0) is 22.2. The minimum absolute atomic E-state index is 0.149. The standard InChI is InChI=1S/C24H23ClN2O3S/c1-15-3-10-22(16-4-7-19(25)8-5-16)23(11-15)24(28)26-20-9-6-17-12-21(14-18(17)13-20)27-31(2,29)30/h3-11,13,21,27H,12,14H2,1-2H3,(H,26,28). The third-order valence-electron chi connectivity index (χ3n) is 5.35. The van der Waals surface area contributed by atoms with E-state index in [0.717, 1.165) is 27.8 Å². The molecule has 3 aromatic rings. The van der Waals surface area contributed by atoms with Crippen LogP contribution >= 0.6 is 11.6 Å². The Labute approximate surface area is 187 Å². The van der Waals surface area contributed by atoms with Gasteiger partial charge >= 0.3 is 0 Å². The van der Waals surface area contributed by atoms with Crippen molar-refractivity contribution < 1.29 is 13.2 Å². The number of fused-ring (bicyclic) bond motifs is 1. The van der Waals surface area contributed by atoms with Crippen molar-refractivity contribution in [2.24, 2.45) is 0 Å². The van der Waals surface area contributed by atoms with Gasteiger partial charge in [-0.25, -0.2) is 13.1 Å². The zero-order valence-electron chi connectivity index (χ0n) is 17.3. The number of aryl methyl sites for hydroxylation is 1. The lowest BCUT2D eigenvalue weighted by Crippen LogP contribution is -2.34. The smallest absolute Gasteiger partial charge is 0.256 e. The van der Waals surface area contributed by atoms with Crippen LogP contribution in [0.2, 0.25) is 5.02 Å². The maximum Gasteiger partial charge on any atom is 0.256 e. The summed E-state index contributed by atoms with van der Waals surface area (Å²) in [5, 5.41) is 3.64. The predicted molar refractivity (Wildman–Crippen MR) is 125 cm³/mol. The van der Waals surface area contributed by atoms with Crippen LogP contribution in [-0.2, 0) is 22.9 Å². The summed E-state index contributed by atoms with van der Waals surface area (Å²) in [6, 6.07) is 18.8. The van der Waals surface area contributed by atoms with Crippen molar-refractivity contribution in [1.29, 1.82) is 0 Å². The molecule has 160 valence electrons. The van der Waals surface area contributed by atoms with Crippen LogP contribution in [0.4, 0.5) is 5.69 Å². The highest BCUT2D eigenvalue weighted by molar-refractivity contribution is 7.88. The molecule has 0 radical (unpaired) electrons. The quantitative estimate of drug-likeness (QED) is 0.592. The second-order valence-electron chi connectivity index (χ2n) is 7.99. The first-order valence-electron chi connectivity index (χ1n) is 9.95. The first kappa shape index (κ1) is 21.6. The fraction of sp³-hybridized carbons (Fsp3) is 0.208. The van der Waals surface area contributed by atoms with Crippen LogP contribution in [0.3, 0.4) is 0 Å². The second kappa shape index (κ2) is 8.46. The van der Waals surface area contributed by atoms with E-state index < -0.39 is 10.0 Å². The highest BCUT2D eigenvalue weighted by atomic mass is 35.5. The molecule has 5 nitrogen and oxygen atoms in total. The van der Waals surface area contributed by atoms with Gasteiger partial charge in [0.05, 0.1) is 6.26 Å². The first-order chi connectivity index (χ1) is 14.7. The molecule has 0 aromatic heterocycles. The Bertz CT molecular complexity index is 1250. The Morgan fingerprint density at radius 3 is 2.39 bits per heavy atom. The molecule has 0 aliphatic heterocycles. The molecule has 0 bridgehead atoms. The molecule has 1 aliphatic carbocycles. The van der Waals surface area contributed by atoms with E-state index in [4.69, 9.17) is 11.6 Å². The van der Waals surface area contributed by atoms with Crippen LogP contribution in [-0.4, -0.2) is 26.6 Å². The number of benzene rings is 3. The summed E-state index contributed by atoms with van der Waals surface area (Å²) in [5.74, 6) is -0.197. The lowest BCUT2D eigenvalue weighted by molar-refractivity contribution is 0.102. The van der Waals surface area contributed by atoms with Gasteiger partial charge in [0.1, 0.15) is 0 Å². The topological polar surface area (TPSA) is 75.3 Å². The molecular weight excluding hydrogens is 432 g/mol. The number of sulfonamides is 1. The molecule has 0 heterocycles. The van der Waals surface area contributed by atoms with Gasteiger partial charge in [-0.05, 0) is 72.4 Å². The molecule has 1 aliphatic rings. The molecular formula is C24H23ClN2O3S. The van der Waals surface area contributed by atoms with E-state index in [-0.39, 0.29) is 11.9 Å². The molecule has 0 spiro atoms. The van der Waals surface area contributed by atoms with E-state index in [1.807, 2.05) is 55.5 Å². The van der Waals surface area contributed by atoms with Gasteiger partial charge in [-0.15, -0.1) is 0 Å². The van der Waals surface area contributed by atoms with E-state index in [0.29, 0.717) is 29.1 Å². The Kier molecular flexibility index (Phi) is 5.88. The third kappa shape index (κ3) is 5.15. The van der Waals surface area contributed by atoms with Crippen LogP contribution in [0.15, 0.2) is 60.7 Å². The van der Waals surface area contributed by atoms with E-state index >= 15 is 0 Å². The number of hydrogen-bond donors (Lipinski definition) is 2. The maximum absolute atomic E-state index is 13.2. The SMILES string of the molecule is Cc1ccc(-c2ccc(Cl)cc2)c(C(=O)Nc2ccc3c(c2)CC(NS(C)(=O)=O)C3)c1. The van der Waals surface area contributed by atoms with Crippen molar-refractivity contribution in [2.75, 3.05) is 11.6 Å². The van der Waals surface area contributed by atoms with Crippen LogP contribution in [0.5, 0.6) is 0 Å². The molecule has 31 heavy (non-hydrogen) atoms. The van der Waals surface area contributed by atoms with Crippen molar-refractivity contribution in [3.63, 3.8) is 0 Å². The van der Waals surface area contributed by atoms with Crippen molar-refractivity contribution in [3.8, 4) is 11.1 Å². The fourth-order valence-corrected chi connectivity index (χ4v) is 4.91. The summed E-state index contributed by atoms with van der Waals surface area (Å²) in [4.78, 5) is 13.2. The normalized spacial score (nSPS) is 15.5. The Hall–Kier alpha value is -2.67. The number of rotatable bonds is 5. The zero-order valence-corrected chi connectivity index (χ0v) is 18.8. The predicted octanol–water partition coefficient (Wildman–Crippen LogP) is 4.58. The lowest BCUT2D eigenvalue weighted by atomic mass is 9.97. The average Bonchev–Trinajstić information content (AvgIpc) is 3.08. The number of halogens is 1. The molecule has 3 aromatic carbocycles. The molecule has 0 saturated heterocycles. The van der Waals surface area contributed by atoms with Crippen LogP contribution < -0.4 is 10.0 Å². The molecule has 1 atom stereocenters. The van der Waals surface area contributed by atoms with E-state index in [2.05, 4.69) is 10.0 Å². The Balaban J connectivity index is 1.57. The minimum Gasteiger partial charge on any atom is -0.322 e. The molecule has 0 saturated carbocycles. The summed E-state index contributed by atoms with van der Waals surface area (Å²) in [5.41, 5.74) is 6.15. The highest BCUT2D eigenvalue weighted by Crippen LogP contribution is 2.29. The van der Waals surface area contributed by atoms with E-state index in [9.17, 15) is 13.2 Å². The third-order valence-corrected chi connectivity index (χ3v) is 6.37. The van der Waals surface area contributed by atoms with Crippen LogP contribution in [0.25, 0.3) is 11.1 Å². The summed E-state index contributed by atoms with van der Waals surface area (Å²) in [6.45, 7) is 1.95. The van der Waals surface area contributed by atoms with Crippen molar-refractivity contribution in [2.45, 2.75) is 25.8 Å². The molecule has 0 fully saturated rings. The van der Waals surface area contributed by atoms with Gasteiger partial charge in [-0.2, -0.15) is 0 Å². The van der Waals surface area contributed by atoms with Gasteiger partial charge in [-0.3, -0.25) is 4.79 Å². The van der Waals surface area contributed by atoms with Gasteiger partial charge in [0, 0.05) is 22.3 Å².